The maximum absolute atomic E-state index is 11.0. The number of benzene rings is 4. The van der Waals surface area contributed by atoms with Gasteiger partial charge in [-0.05, 0) is 244 Å². The molecule has 4 heteroatoms. The van der Waals surface area contributed by atoms with Crippen molar-refractivity contribution in [2.75, 3.05) is 7.11 Å². The van der Waals surface area contributed by atoms with Gasteiger partial charge in [0.25, 0.3) is 0 Å². The van der Waals surface area contributed by atoms with Crippen molar-refractivity contribution in [3.63, 3.8) is 0 Å². The van der Waals surface area contributed by atoms with Crippen molar-refractivity contribution >= 4 is 5.97 Å². The summed E-state index contributed by atoms with van der Waals surface area (Å²) in [6.45, 7) is 7.06. The number of hydrogen-bond acceptors (Lipinski definition) is 4. The fraction of sp³-hybridized carbons (Fsp3) is 0.486. The van der Waals surface area contributed by atoms with E-state index in [1.807, 2.05) is 31.2 Å². The standard InChI is InChI=1S/C21H22.C18H26.C17H20O3.C16H18O/c1-2-4-18(5-3-1)19-10-6-16(7-11-19)8-12-20-14-17-9-13-21(20)15-17;1(3-15-9-13-5-7-17(15)11-13)2-4-16-10-14-6-8-18(16)12-14;1-11(18)20-16-6-4-13(10-17(16)19-2)9-15-8-12-3-5-14(15)7-12;1-11(2)17-15-5-3-4-13(10-15)16-9-12-6-7-14(16)8-12/h1-7,9-11,13,17,20-21H,8,12,14-15H2;5-8,13-18H,1-4,9-12H2;3-6,10,12,14-15H,7-9H2,1-2H3;3-7,10,12,14,16H,1,8-9H2,2H3. The summed E-state index contributed by atoms with van der Waals surface area (Å²) in [6.07, 6.45) is 48.2. The van der Waals surface area contributed by atoms with E-state index in [4.69, 9.17) is 14.2 Å². The number of fused-ring (bicyclic) bond motifs is 10. The van der Waals surface area contributed by atoms with E-state index in [2.05, 4.69) is 140 Å². The summed E-state index contributed by atoms with van der Waals surface area (Å²) in [4.78, 5) is 11.0. The molecule has 4 aromatic rings. The van der Waals surface area contributed by atoms with Crippen molar-refractivity contribution < 1.29 is 19.0 Å². The molecule has 5 saturated carbocycles. The Balaban J connectivity index is 0.000000108. The van der Waals surface area contributed by atoms with E-state index in [0.29, 0.717) is 17.4 Å². The maximum atomic E-state index is 11.0. The van der Waals surface area contributed by atoms with Gasteiger partial charge in [0.2, 0.25) is 0 Å². The number of esters is 1. The first-order valence-electron chi connectivity index (χ1n) is 30.0. The van der Waals surface area contributed by atoms with Crippen LogP contribution in [0.3, 0.4) is 0 Å². The average Bonchev–Trinajstić information content (AvgIpc) is 4.30. The van der Waals surface area contributed by atoms with Gasteiger partial charge in [-0.1, -0.05) is 153 Å². The van der Waals surface area contributed by atoms with Crippen LogP contribution in [0.5, 0.6) is 17.2 Å². The van der Waals surface area contributed by atoms with Crippen LogP contribution in [0.15, 0.2) is 170 Å². The molecule has 15 atom stereocenters. The quantitative estimate of drug-likeness (QED) is 0.0369. The lowest BCUT2D eigenvalue weighted by molar-refractivity contribution is -0.132. The minimum Gasteiger partial charge on any atom is -0.493 e. The second kappa shape index (κ2) is 24.4. The second-order valence-corrected chi connectivity index (χ2v) is 25.1. The minimum absolute atomic E-state index is 0.325. The predicted octanol–water partition coefficient (Wildman–Crippen LogP) is 18.1. The lowest BCUT2D eigenvalue weighted by atomic mass is 9.85. The Morgan fingerprint density at radius 3 is 1.47 bits per heavy atom. The minimum atomic E-state index is -0.325. The number of unbranched alkanes of at least 4 members (excludes halogenated alkanes) is 1. The second-order valence-electron chi connectivity index (χ2n) is 25.1. The van der Waals surface area contributed by atoms with E-state index in [9.17, 15) is 4.79 Å². The lowest BCUT2D eigenvalue weighted by Crippen LogP contribution is -2.10. The first kappa shape index (κ1) is 52.4. The van der Waals surface area contributed by atoms with E-state index < -0.39 is 0 Å². The fourth-order valence-corrected chi connectivity index (χ4v) is 16.0. The van der Waals surface area contributed by atoms with Gasteiger partial charge in [-0.25, -0.2) is 0 Å². The number of methoxy groups -OCH3 is 1. The molecule has 0 saturated heterocycles. The summed E-state index contributed by atoms with van der Waals surface area (Å²) in [5.74, 6) is 15.7. The van der Waals surface area contributed by atoms with Gasteiger partial charge in [0, 0.05) is 6.92 Å². The summed E-state index contributed by atoms with van der Waals surface area (Å²) in [5.41, 5.74) is 6.79. The van der Waals surface area contributed by atoms with Crippen LogP contribution in [0.4, 0.5) is 0 Å². The smallest absolute Gasteiger partial charge is 0.308 e. The molecule has 0 amide bonds. The Labute approximate surface area is 456 Å². The number of rotatable bonds is 16. The van der Waals surface area contributed by atoms with Crippen molar-refractivity contribution in [1.82, 2.24) is 0 Å². The molecule has 0 spiro atoms. The highest BCUT2D eigenvalue weighted by atomic mass is 16.6. The summed E-state index contributed by atoms with van der Waals surface area (Å²) < 4.78 is 16.0. The van der Waals surface area contributed by atoms with Gasteiger partial charge < -0.3 is 14.2 Å². The molecular formula is C72H86O4. The van der Waals surface area contributed by atoms with Crippen LogP contribution in [-0.2, 0) is 17.6 Å². The van der Waals surface area contributed by atoms with Gasteiger partial charge in [-0.15, -0.1) is 0 Å². The van der Waals surface area contributed by atoms with Crippen LogP contribution in [-0.4, -0.2) is 13.1 Å². The highest BCUT2D eigenvalue weighted by Crippen LogP contribution is 2.51. The fourth-order valence-electron chi connectivity index (χ4n) is 16.0. The van der Waals surface area contributed by atoms with Crippen molar-refractivity contribution in [3.8, 4) is 28.4 Å². The van der Waals surface area contributed by atoms with Gasteiger partial charge in [0.05, 0.1) is 12.9 Å². The van der Waals surface area contributed by atoms with Crippen LogP contribution in [0, 0.1) is 82.9 Å². The molecule has 0 radical (unpaired) electrons. The zero-order valence-corrected chi connectivity index (χ0v) is 46.0. The number of carbonyl (C=O) groups excluding carboxylic acids is 1. The molecule has 10 aliphatic carbocycles. The Kier molecular flexibility index (Phi) is 16.8. The molecule has 0 N–H and O–H groups in total. The van der Waals surface area contributed by atoms with Gasteiger partial charge in [0.15, 0.2) is 11.5 Å². The Morgan fingerprint density at radius 1 is 0.474 bits per heavy atom. The van der Waals surface area contributed by atoms with Crippen LogP contribution in [0.1, 0.15) is 133 Å². The van der Waals surface area contributed by atoms with Gasteiger partial charge >= 0.3 is 5.97 Å². The number of carbonyl (C=O) groups is 1. The predicted molar refractivity (Wildman–Crippen MR) is 312 cm³/mol. The monoisotopic (exact) mass is 1010 g/mol. The SMILES string of the molecule is C1=CC2CC1CC2CCCCC1CC2C=CC1C2.C1=CC2CC1CC2CCc1ccc(-c2ccccc2)cc1.C=C(C)Oc1cccc(C2CC3C=CC2C3)c1.COc1cc(CC2CC3C=CC2C3)ccc1OC(C)=O. The third kappa shape index (κ3) is 13.0. The average molecular weight is 1020 g/mol. The molecule has 10 aliphatic rings. The van der Waals surface area contributed by atoms with Crippen LogP contribution in [0.25, 0.3) is 11.1 Å². The normalized spacial score (nSPS) is 32.2. The maximum Gasteiger partial charge on any atom is 0.308 e. The molecule has 10 bridgehead atoms. The topological polar surface area (TPSA) is 44.8 Å². The van der Waals surface area contributed by atoms with E-state index in [1.165, 1.54) is 137 Å². The molecule has 0 heterocycles. The summed E-state index contributed by atoms with van der Waals surface area (Å²) >= 11 is 0. The van der Waals surface area contributed by atoms with Crippen molar-refractivity contribution in [2.24, 2.45) is 82.9 Å². The Morgan fingerprint density at radius 2 is 0.987 bits per heavy atom. The van der Waals surface area contributed by atoms with Crippen molar-refractivity contribution in [3.05, 3.63) is 187 Å². The zero-order chi connectivity index (χ0) is 52.0. The number of ether oxygens (including phenoxy) is 3. The molecule has 5 fully saturated rings. The van der Waals surface area contributed by atoms with E-state index in [-0.39, 0.29) is 5.97 Å². The van der Waals surface area contributed by atoms with Gasteiger partial charge in [-0.2, -0.15) is 0 Å². The lowest BCUT2D eigenvalue weighted by Gasteiger charge is -2.20. The van der Waals surface area contributed by atoms with Crippen LogP contribution < -0.4 is 14.2 Å². The molecular weight excluding hydrogens is 929 g/mol. The zero-order valence-electron chi connectivity index (χ0n) is 46.0. The molecule has 4 nitrogen and oxygen atoms in total. The van der Waals surface area contributed by atoms with Crippen molar-refractivity contribution in [1.29, 1.82) is 0 Å². The molecule has 0 aromatic heterocycles. The third-order valence-corrected chi connectivity index (χ3v) is 19.8. The first-order valence-corrected chi connectivity index (χ1v) is 30.0. The van der Waals surface area contributed by atoms with E-state index in [1.54, 1.807) is 7.11 Å². The van der Waals surface area contributed by atoms with E-state index >= 15 is 0 Å². The van der Waals surface area contributed by atoms with Crippen LogP contribution >= 0.6 is 0 Å². The first-order chi connectivity index (χ1) is 37.1. The summed E-state index contributed by atoms with van der Waals surface area (Å²) in [7, 11) is 1.60. The molecule has 15 unspecified atom stereocenters. The molecule has 76 heavy (non-hydrogen) atoms. The molecule has 14 rings (SSSR count). The summed E-state index contributed by atoms with van der Waals surface area (Å²) in [6, 6.07) is 34.1. The molecule has 398 valence electrons. The highest BCUT2D eigenvalue weighted by Gasteiger charge is 2.39. The third-order valence-electron chi connectivity index (χ3n) is 19.8. The molecule has 0 aliphatic heterocycles. The van der Waals surface area contributed by atoms with Gasteiger partial charge in [0.1, 0.15) is 5.75 Å². The number of hydrogen-bond donors (Lipinski definition) is 0. The number of aryl methyl sites for hydroxylation is 1. The Bertz CT molecular complexity index is 2720. The highest BCUT2D eigenvalue weighted by molar-refractivity contribution is 5.70. The molecule has 4 aromatic carbocycles. The van der Waals surface area contributed by atoms with Crippen LogP contribution in [0.2, 0.25) is 0 Å². The van der Waals surface area contributed by atoms with E-state index in [0.717, 1.165) is 101 Å². The largest absolute Gasteiger partial charge is 0.493 e. The Hall–Kier alpha value is -5.61. The van der Waals surface area contributed by atoms with Crippen molar-refractivity contribution in [2.45, 2.75) is 129 Å². The summed E-state index contributed by atoms with van der Waals surface area (Å²) in [5, 5.41) is 0. The number of allylic oxidation sites excluding steroid dienone is 11. The van der Waals surface area contributed by atoms with Gasteiger partial charge in [-0.3, -0.25) is 4.79 Å².